The lowest BCUT2D eigenvalue weighted by Gasteiger charge is -2.30. The number of aromatic hydroxyl groups is 1. The predicted molar refractivity (Wildman–Crippen MR) is 138 cm³/mol. The van der Waals surface area contributed by atoms with E-state index >= 15 is 0 Å². The van der Waals surface area contributed by atoms with Crippen LogP contribution in [0.15, 0.2) is 42.5 Å². The average Bonchev–Trinajstić information content (AvgIpc) is 2.84. The minimum absolute atomic E-state index is 0.00865. The summed E-state index contributed by atoms with van der Waals surface area (Å²) in [6.07, 6.45) is -0.324. The summed E-state index contributed by atoms with van der Waals surface area (Å²) >= 11 is 18.6. The highest BCUT2D eigenvalue weighted by molar-refractivity contribution is 7.54. The number of phenols is 1. The zero-order chi connectivity index (χ0) is 26.0. The Morgan fingerprint density at radius 3 is 2.72 bits per heavy atom. The van der Waals surface area contributed by atoms with Gasteiger partial charge in [-0.1, -0.05) is 60.8 Å². The van der Waals surface area contributed by atoms with Crippen molar-refractivity contribution in [2.75, 3.05) is 18.2 Å². The van der Waals surface area contributed by atoms with Gasteiger partial charge in [-0.15, -0.1) is 0 Å². The van der Waals surface area contributed by atoms with Crippen molar-refractivity contribution in [3.05, 3.63) is 74.6 Å². The van der Waals surface area contributed by atoms with Crippen molar-refractivity contribution in [2.24, 2.45) is 0 Å². The first-order chi connectivity index (χ1) is 17.1. The van der Waals surface area contributed by atoms with E-state index in [9.17, 15) is 14.1 Å². The van der Waals surface area contributed by atoms with E-state index in [0.29, 0.717) is 17.0 Å². The fourth-order valence-electron chi connectivity index (χ4n) is 3.64. The van der Waals surface area contributed by atoms with Gasteiger partial charge in [0.15, 0.2) is 11.6 Å². The van der Waals surface area contributed by atoms with E-state index in [0.717, 1.165) is 5.56 Å². The molecule has 1 aliphatic rings. The van der Waals surface area contributed by atoms with E-state index < -0.39 is 24.7 Å². The van der Waals surface area contributed by atoms with Gasteiger partial charge in [0.1, 0.15) is 27.8 Å². The second kappa shape index (κ2) is 11.1. The molecular weight excluding hydrogens is 553 g/mol. The van der Waals surface area contributed by atoms with Gasteiger partial charge in [-0.2, -0.15) is 9.37 Å². The lowest BCUT2D eigenvalue weighted by atomic mass is 10.0. The van der Waals surface area contributed by atoms with Crippen LogP contribution in [0.1, 0.15) is 43.4 Å². The maximum Gasteiger partial charge on any atom is 0.350 e. The number of anilines is 1. The fourth-order valence-corrected chi connectivity index (χ4v) is 5.87. The van der Waals surface area contributed by atoms with E-state index in [1.165, 1.54) is 12.1 Å². The molecule has 0 radical (unpaired) electrons. The Labute approximate surface area is 223 Å². The molecule has 2 atom stereocenters. The quantitative estimate of drug-likeness (QED) is 0.215. The number of aromatic nitrogens is 1. The molecular formula is C24H23Cl3FN2O5P. The molecule has 2 N–H and O–H groups in total. The van der Waals surface area contributed by atoms with Crippen LogP contribution < -0.4 is 10.1 Å². The molecule has 0 bridgehead atoms. The third-order valence-corrected chi connectivity index (χ3v) is 8.07. The number of ether oxygens (including phenoxy) is 1. The van der Waals surface area contributed by atoms with Crippen molar-refractivity contribution < 1.29 is 27.8 Å². The summed E-state index contributed by atoms with van der Waals surface area (Å²) in [5, 5.41) is 12.8. The minimum atomic E-state index is -3.64. The number of nitrogens with zero attached hydrogens (tertiary/aromatic N) is 1. The first-order valence-electron chi connectivity index (χ1n) is 11.0. The van der Waals surface area contributed by atoms with Gasteiger partial charge < -0.3 is 19.7 Å². The lowest BCUT2D eigenvalue weighted by molar-refractivity contribution is 0.0822. The van der Waals surface area contributed by atoms with Gasteiger partial charge in [0.25, 0.3) is 0 Å². The molecule has 3 aromatic rings. The third-order valence-electron chi connectivity index (χ3n) is 5.46. The van der Waals surface area contributed by atoms with E-state index in [4.69, 9.17) is 48.6 Å². The van der Waals surface area contributed by atoms with Crippen LogP contribution in [0.5, 0.6) is 17.2 Å². The van der Waals surface area contributed by atoms with Crippen LogP contribution in [0.25, 0.3) is 0 Å². The minimum Gasteiger partial charge on any atom is -0.508 e. The van der Waals surface area contributed by atoms with Gasteiger partial charge in [-0.3, -0.25) is 9.09 Å². The number of rotatable bonds is 7. The van der Waals surface area contributed by atoms with Crippen LogP contribution in [-0.4, -0.2) is 23.0 Å². The third kappa shape index (κ3) is 6.08. The maximum atomic E-state index is 14.6. The Kier molecular flexibility index (Phi) is 8.35. The Morgan fingerprint density at radius 2 is 2.00 bits per heavy atom. The molecule has 1 fully saturated rings. The summed E-state index contributed by atoms with van der Waals surface area (Å²) in [6.45, 7) is 4.00. The molecule has 0 aliphatic carbocycles. The molecule has 4 rings (SSSR count). The van der Waals surface area contributed by atoms with Crippen molar-refractivity contribution in [3.8, 4) is 17.2 Å². The molecule has 0 amide bonds. The molecule has 12 heteroatoms. The molecule has 192 valence electrons. The van der Waals surface area contributed by atoms with Gasteiger partial charge >= 0.3 is 7.60 Å². The Bertz CT molecular complexity index is 1330. The summed E-state index contributed by atoms with van der Waals surface area (Å²) in [6, 6.07) is 11.6. The molecule has 2 aromatic carbocycles. The summed E-state index contributed by atoms with van der Waals surface area (Å²) in [5.74, 6) is -0.978. The normalized spacial score (nSPS) is 19.9. The number of pyridine rings is 1. The highest BCUT2D eigenvalue weighted by Gasteiger charge is 2.35. The average molecular weight is 576 g/mol. The second-order valence-electron chi connectivity index (χ2n) is 8.40. The standard InChI is InChI=1S/C24H23Cl3FN2O5P/c1-13(2)17-11-16(6-7-18(17)31)34-22-20(26)23(28)30-24(21(22)27)29-12-36(32)33-9-8-19(35-36)14-4-3-5-15(25)10-14/h3-7,10-11,13,19,31H,8-9,12H2,1-2H3,(H,29,30)/t19-,36?/m0/s1. The summed E-state index contributed by atoms with van der Waals surface area (Å²) in [7, 11) is -3.64. The summed E-state index contributed by atoms with van der Waals surface area (Å²) in [5.41, 5.74) is 1.40. The van der Waals surface area contributed by atoms with Gasteiger partial charge in [0, 0.05) is 17.0 Å². The topological polar surface area (TPSA) is 89.9 Å². The SMILES string of the molecule is CC(C)c1cc(Oc2c(Cl)c(F)nc(NCP3(=O)OCC[C@@H](c4cccc(Cl)c4)O3)c2Cl)ccc1O. The van der Waals surface area contributed by atoms with Crippen LogP contribution in [0.2, 0.25) is 15.1 Å². The zero-order valence-corrected chi connectivity index (χ0v) is 22.5. The molecule has 1 aliphatic heterocycles. The molecule has 0 saturated carbocycles. The predicted octanol–water partition coefficient (Wildman–Crippen LogP) is 8.54. The Hall–Kier alpha value is -2.06. The second-order valence-corrected chi connectivity index (χ2v) is 11.6. The van der Waals surface area contributed by atoms with Crippen molar-refractivity contribution in [1.29, 1.82) is 0 Å². The van der Waals surface area contributed by atoms with Gasteiger partial charge in [-0.25, -0.2) is 0 Å². The van der Waals surface area contributed by atoms with Crippen LogP contribution in [-0.2, 0) is 13.6 Å². The van der Waals surface area contributed by atoms with Gasteiger partial charge in [0.2, 0.25) is 5.95 Å². The van der Waals surface area contributed by atoms with Crippen LogP contribution in [0, 0.1) is 5.95 Å². The van der Waals surface area contributed by atoms with Crippen molar-refractivity contribution in [1.82, 2.24) is 4.98 Å². The highest BCUT2D eigenvalue weighted by Crippen LogP contribution is 2.56. The smallest absolute Gasteiger partial charge is 0.350 e. The first-order valence-corrected chi connectivity index (χ1v) is 13.9. The van der Waals surface area contributed by atoms with E-state index in [1.54, 1.807) is 24.3 Å². The fraction of sp³-hybridized carbons (Fsp3) is 0.292. The largest absolute Gasteiger partial charge is 0.508 e. The van der Waals surface area contributed by atoms with Crippen molar-refractivity contribution >= 4 is 48.2 Å². The highest BCUT2D eigenvalue weighted by atomic mass is 35.5. The number of benzene rings is 2. The summed E-state index contributed by atoms with van der Waals surface area (Å²) in [4.78, 5) is 3.73. The number of phenolic OH excluding ortho intramolecular Hbond substituents is 1. The Balaban J connectivity index is 1.54. The van der Waals surface area contributed by atoms with Crippen LogP contribution in [0.3, 0.4) is 0 Å². The van der Waals surface area contributed by atoms with E-state index in [2.05, 4.69) is 10.3 Å². The lowest BCUT2D eigenvalue weighted by Crippen LogP contribution is -2.18. The van der Waals surface area contributed by atoms with E-state index in [-0.39, 0.29) is 46.9 Å². The van der Waals surface area contributed by atoms with Gasteiger partial charge in [-0.05, 0) is 41.8 Å². The molecule has 0 spiro atoms. The number of hydrogen-bond donors (Lipinski definition) is 2. The van der Waals surface area contributed by atoms with Crippen molar-refractivity contribution in [2.45, 2.75) is 32.3 Å². The van der Waals surface area contributed by atoms with E-state index in [1.807, 2.05) is 19.9 Å². The number of nitrogens with one attached hydrogen (secondary N) is 1. The van der Waals surface area contributed by atoms with Crippen LogP contribution in [0.4, 0.5) is 10.2 Å². The Morgan fingerprint density at radius 1 is 1.22 bits per heavy atom. The number of hydrogen-bond acceptors (Lipinski definition) is 7. The molecule has 36 heavy (non-hydrogen) atoms. The first kappa shape index (κ1) is 27.0. The summed E-state index contributed by atoms with van der Waals surface area (Å²) < 4.78 is 44.8. The van der Waals surface area contributed by atoms with Crippen LogP contribution >= 0.6 is 42.4 Å². The molecule has 2 heterocycles. The maximum absolute atomic E-state index is 14.6. The monoisotopic (exact) mass is 574 g/mol. The molecule has 1 aromatic heterocycles. The molecule has 1 saturated heterocycles. The zero-order valence-electron chi connectivity index (χ0n) is 19.3. The molecule has 1 unspecified atom stereocenters. The van der Waals surface area contributed by atoms with Crippen molar-refractivity contribution in [3.63, 3.8) is 0 Å². The number of halogens is 4. The van der Waals surface area contributed by atoms with Gasteiger partial charge in [0.05, 0.1) is 12.7 Å². The molecule has 7 nitrogen and oxygen atoms in total.